The van der Waals surface area contributed by atoms with Gasteiger partial charge in [-0.2, -0.15) is 0 Å². The van der Waals surface area contributed by atoms with E-state index in [1.54, 1.807) is 0 Å². The van der Waals surface area contributed by atoms with E-state index in [4.69, 9.17) is 11.5 Å². The Hall–Kier alpha value is -0.0800. The minimum atomic E-state index is 0. The molecule has 0 spiro atoms. The largest absolute Gasteiger partial charge is 0.330 e. The average molecular weight is 1440 g/mol. The highest BCUT2D eigenvalue weighted by Crippen LogP contribution is 2.42. The standard InChI is InChI=1S/C11H23N.7C11H22.C10H21N.2CH4/c1-10(2)8-11(9-12)6-4-3-5-7-11;3*1-9(2)8-11-6-4-10(3)5-7-11;4*1-9(2)7-11-6-4-5-10(3)8-11;1-8(2)6-9-4-3-5-10(11)7-9;;/h10H,3-9,12H2,1-2H3;7*9-11H,4-8H2,1-3H3;8-10H,3-7,11H2,1-2H3;2*1H4/t;;;;2*10-,11+;2*10-,11-;;;/m....1010.../s1. The molecule has 4 N–H and O–H groups in total. The third-order valence-electron chi connectivity index (χ3n) is 26.0. The highest BCUT2D eigenvalue weighted by molar-refractivity contribution is 4.85. The summed E-state index contributed by atoms with van der Waals surface area (Å²) in [6, 6.07) is 0.507. The van der Waals surface area contributed by atoms with Gasteiger partial charge < -0.3 is 11.5 Å². The van der Waals surface area contributed by atoms with Crippen molar-refractivity contribution in [3.05, 3.63) is 0 Å². The fourth-order valence-corrected chi connectivity index (χ4v) is 21.3. The van der Waals surface area contributed by atoms with E-state index in [-0.39, 0.29) is 14.9 Å². The van der Waals surface area contributed by atoms with Crippen LogP contribution in [0, 0.1) is 147 Å². The van der Waals surface area contributed by atoms with Crippen molar-refractivity contribution in [3.8, 4) is 0 Å². The van der Waals surface area contributed by atoms with Crippen molar-refractivity contribution in [2.75, 3.05) is 6.54 Å². The summed E-state index contributed by atoms with van der Waals surface area (Å²) < 4.78 is 0. The van der Waals surface area contributed by atoms with Gasteiger partial charge in [-0.25, -0.2) is 0 Å². The Morgan fingerprint density at radius 1 is 0.235 bits per heavy atom. The third kappa shape index (κ3) is 57.9. The highest BCUT2D eigenvalue weighted by Gasteiger charge is 2.31. The Bertz CT molecular complexity index is 1520. The number of nitrogens with two attached hydrogens (primary N) is 2. The van der Waals surface area contributed by atoms with Gasteiger partial charge in [-0.1, -0.05) is 374 Å². The van der Waals surface area contributed by atoms with E-state index < -0.39 is 0 Å². The van der Waals surface area contributed by atoms with Gasteiger partial charge in [-0.3, -0.25) is 0 Å². The molecule has 9 aliphatic carbocycles. The van der Waals surface area contributed by atoms with Crippen LogP contribution in [0.3, 0.4) is 0 Å². The maximum atomic E-state index is 5.90. The summed E-state index contributed by atoms with van der Waals surface area (Å²) in [6.07, 6.45) is 67.0. The van der Waals surface area contributed by atoms with Crippen LogP contribution in [0.1, 0.15) is 483 Å². The number of hydrogen-bond donors (Lipinski definition) is 2. The molecule has 0 amide bonds. The second-order valence-corrected chi connectivity index (χ2v) is 42.6. The Balaban J connectivity index is 0. The SMILES string of the molecule is C.C.CC(C)CC1(CN)CCCCC1.CC(C)CC1CCC(C)CC1.CC(C)CC1CCC(C)CC1.CC(C)CC1CCC(C)CC1.CC(C)CC1CCCC(N)C1.CC(C)C[C@@H]1CCC[C@@H](C)C1.CC(C)C[C@@H]1CCC[C@H](C)C1.CC(C)C[C@H]1CCC[C@@H](C)C1.CC(C)C[C@H]1CCC[C@H](C)C1. The van der Waals surface area contributed by atoms with Gasteiger partial charge in [0.1, 0.15) is 0 Å². The van der Waals surface area contributed by atoms with E-state index in [1.807, 2.05) is 0 Å². The van der Waals surface area contributed by atoms with Crippen LogP contribution in [0.2, 0.25) is 0 Å². The molecule has 9 aliphatic rings. The van der Waals surface area contributed by atoms with Crippen LogP contribution in [0.4, 0.5) is 0 Å². The van der Waals surface area contributed by atoms with Crippen LogP contribution < -0.4 is 11.5 Å². The molecule has 102 heavy (non-hydrogen) atoms. The van der Waals surface area contributed by atoms with Gasteiger partial charge in [0.05, 0.1) is 0 Å². The molecule has 616 valence electrons. The summed E-state index contributed by atoms with van der Waals surface area (Å²) >= 11 is 0. The van der Waals surface area contributed by atoms with E-state index in [0.717, 1.165) is 149 Å². The molecule has 9 rings (SSSR count). The quantitative estimate of drug-likeness (QED) is 0.135. The zero-order valence-corrected chi connectivity index (χ0v) is 74.3. The molecular weight excluding hydrogens is 1230 g/mol. The molecule has 0 heterocycles. The normalized spacial score (nSPS) is 30.9. The molecule has 0 saturated heterocycles. The monoisotopic (exact) mass is 1440 g/mol. The lowest BCUT2D eigenvalue weighted by Crippen LogP contribution is -2.34. The molecule has 9 fully saturated rings. The van der Waals surface area contributed by atoms with Gasteiger partial charge in [0.2, 0.25) is 0 Å². The molecule has 2 nitrogen and oxygen atoms in total. The highest BCUT2D eigenvalue weighted by atomic mass is 14.6. The first-order valence-electron chi connectivity index (χ1n) is 46.6. The van der Waals surface area contributed by atoms with Crippen molar-refractivity contribution < 1.29 is 0 Å². The minimum Gasteiger partial charge on any atom is -0.330 e. The lowest BCUT2D eigenvalue weighted by atomic mass is 9.69. The molecule has 2 heteroatoms. The van der Waals surface area contributed by atoms with Crippen LogP contribution in [0.5, 0.6) is 0 Å². The Kier molecular flexibility index (Phi) is 62.8. The molecule has 10 atom stereocenters. The average Bonchev–Trinajstić information content (AvgIpc) is 0.856. The van der Waals surface area contributed by atoms with Crippen molar-refractivity contribution >= 4 is 0 Å². The van der Waals surface area contributed by atoms with Crippen molar-refractivity contribution in [2.24, 2.45) is 159 Å². The third-order valence-corrected chi connectivity index (χ3v) is 26.0. The molecular formula is C100H206N2. The van der Waals surface area contributed by atoms with Gasteiger partial charge in [0, 0.05) is 6.04 Å². The van der Waals surface area contributed by atoms with Crippen molar-refractivity contribution in [1.82, 2.24) is 0 Å². The van der Waals surface area contributed by atoms with Crippen LogP contribution >= 0.6 is 0 Å². The second-order valence-electron chi connectivity index (χ2n) is 42.6. The molecule has 2 unspecified atom stereocenters. The molecule has 0 bridgehead atoms. The smallest absolute Gasteiger partial charge is 0.00414 e. The van der Waals surface area contributed by atoms with E-state index in [2.05, 4.69) is 173 Å². The van der Waals surface area contributed by atoms with Gasteiger partial charge in [0.15, 0.2) is 0 Å². The zero-order chi connectivity index (χ0) is 75.2. The summed E-state index contributed by atoms with van der Waals surface area (Å²) in [4.78, 5) is 0. The molecule has 0 aromatic rings. The maximum Gasteiger partial charge on any atom is 0.00414 e. The van der Waals surface area contributed by atoms with Crippen LogP contribution in [-0.2, 0) is 0 Å². The molecule has 0 aliphatic heterocycles. The topological polar surface area (TPSA) is 52.0 Å². The lowest BCUT2D eigenvalue weighted by Gasteiger charge is -2.37. The zero-order valence-electron chi connectivity index (χ0n) is 74.3. The predicted octanol–water partition coefficient (Wildman–Crippen LogP) is 33.8. The first kappa shape index (κ1) is 104. The first-order valence-corrected chi connectivity index (χ1v) is 46.6. The number of hydrogen-bond acceptors (Lipinski definition) is 2. The van der Waals surface area contributed by atoms with Gasteiger partial charge in [0.25, 0.3) is 0 Å². The van der Waals surface area contributed by atoms with Gasteiger partial charge in [-0.15, -0.1) is 0 Å². The second kappa shape index (κ2) is 61.6. The summed E-state index contributed by atoms with van der Waals surface area (Å²) in [5.41, 5.74) is 12.3. The molecule has 0 aromatic carbocycles. The van der Waals surface area contributed by atoms with Gasteiger partial charge >= 0.3 is 0 Å². The molecule has 0 radical (unpaired) electrons. The summed E-state index contributed by atoms with van der Waals surface area (Å²) in [5.74, 6) is 23.4. The Morgan fingerprint density at radius 2 is 0.451 bits per heavy atom. The Labute approximate surface area is 651 Å². The minimum absolute atomic E-state index is 0. The van der Waals surface area contributed by atoms with E-state index in [0.29, 0.717) is 11.5 Å². The van der Waals surface area contributed by atoms with Crippen molar-refractivity contribution in [2.45, 2.75) is 489 Å². The maximum absolute atomic E-state index is 5.90. The number of rotatable bonds is 19. The van der Waals surface area contributed by atoms with Crippen molar-refractivity contribution in [3.63, 3.8) is 0 Å². The van der Waals surface area contributed by atoms with Crippen LogP contribution in [0.15, 0.2) is 0 Å². The molecule has 9 saturated carbocycles. The van der Waals surface area contributed by atoms with Gasteiger partial charge in [-0.05, 0) is 263 Å². The first-order chi connectivity index (χ1) is 47.1. The van der Waals surface area contributed by atoms with E-state index in [9.17, 15) is 0 Å². The predicted molar refractivity (Wildman–Crippen MR) is 471 cm³/mol. The van der Waals surface area contributed by atoms with Crippen LogP contribution in [0.25, 0.3) is 0 Å². The van der Waals surface area contributed by atoms with E-state index >= 15 is 0 Å². The fraction of sp³-hybridized carbons (Fsp3) is 1.00. The fourth-order valence-electron chi connectivity index (χ4n) is 21.3. The molecule has 0 aromatic heterocycles. The summed E-state index contributed by atoms with van der Waals surface area (Å²) in [5, 5.41) is 0. The van der Waals surface area contributed by atoms with Crippen molar-refractivity contribution in [1.29, 1.82) is 0 Å². The summed E-state index contributed by atoms with van der Waals surface area (Å²) in [7, 11) is 0. The van der Waals surface area contributed by atoms with Crippen LogP contribution in [-0.4, -0.2) is 12.6 Å². The Morgan fingerprint density at radius 3 is 0.647 bits per heavy atom. The lowest BCUT2D eigenvalue weighted by molar-refractivity contribution is 0.159. The van der Waals surface area contributed by atoms with E-state index in [1.165, 1.54) is 295 Å². The summed E-state index contributed by atoms with van der Waals surface area (Å²) in [6.45, 7) is 59.8.